The number of halogens is 15. The highest BCUT2D eigenvalue weighted by Crippen LogP contribution is 2.44. The number of nitrogens with zero attached hydrogens (tertiary/aromatic N) is 1. The minimum Gasteiger partial charge on any atom is -0.354 e. The highest BCUT2D eigenvalue weighted by atomic mass is 32.2. The molecule has 5 N–H and O–H groups in total. The van der Waals surface area contributed by atoms with E-state index in [0.29, 0.717) is 24.3 Å². The van der Waals surface area contributed by atoms with Gasteiger partial charge in [-0.1, -0.05) is 0 Å². The summed E-state index contributed by atoms with van der Waals surface area (Å²) in [5, 5.41) is 0. The van der Waals surface area contributed by atoms with Crippen LogP contribution in [-0.2, 0) is 20.2 Å². The Labute approximate surface area is 342 Å². The molecule has 0 fully saturated rings. The molecule has 0 atom stereocenters. The van der Waals surface area contributed by atoms with E-state index in [2.05, 4.69) is 15.0 Å². The standard InChI is InChI=1S/C37H11F15N4O6S2/c38-21-18(22(39)28(45)33(50)27(21)44)15-7-1-2-9(53-7)16(19-23(40)29(46)34(51)30(47)24(19)41)11-5-13(63(57,58)59)36(55-11)12-6-14(64(60,61)62)37(56-12)17(10-4-3-8(15)54-10)20-25(42)31(48)35(52)32(49)26(20)43/h1-6,54-56H,(H,57,58,59)(H,60,61,62). The second kappa shape index (κ2) is 14.6. The molecule has 0 saturated heterocycles. The molecule has 1 aliphatic heterocycles. The Morgan fingerprint density at radius 2 is 0.656 bits per heavy atom. The molecule has 8 rings (SSSR count). The third-order valence-electron chi connectivity index (χ3n) is 9.66. The number of hydrogen-bond acceptors (Lipinski definition) is 5. The van der Waals surface area contributed by atoms with Crippen LogP contribution in [0.1, 0.15) is 11.4 Å². The Hall–Kier alpha value is -6.84. The topological polar surface area (TPSA) is 169 Å². The number of rotatable bonds is 5. The van der Waals surface area contributed by atoms with Crippen LogP contribution in [-0.4, -0.2) is 45.9 Å². The lowest BCUT2D eigenvalue weighted by molar-refractivity contribution is 0.381. The lowest BCUT2D eigenvalue weighted by Gasteiger charge is -2.11. The van der Waals surface area contributed by atoms with Crippen molar-refractivity contribution in [2.75, 3.05) is 0 Å². The molecule has 64 heavy (non-hydrogen) atoms. The number of fused-ring (bicyclic) bond motifs is 9. The summed E-state index contributed by atoms with van der Waals surface area (Å²) in [4.78, 5) is 6.90. The molecule has 1 aliphatic rings. The van der Waals surface area contributed by atoms with E-state index < -0.39 is 195 Å². The average molecular weight is 957 g/mol. The van der Waals surface area contributed by atoms with E-state index in [1.165, 1.54) is 0 Å². The molecular weight excluding hydrogens is 946 g/mol. The third-order valence-corrected chi connectivity index (χ3v) is 11.4. The van der Waals surface area contributed by atoms with Crippen molar-refractivity contribution >= 4 is 65.5 Å². The summed E-state index contributed by atoms with van der Waals surface area (Å²) >= 11 is 0. The summed E-state index contributed by atoms with van der Waals surface area (Å²) in [5.74, 6) is -40.5. The molecule has 0 radical (unpaired) electrons. The van der Waals surface area contributed by atoms with Crippen LogP contribution in [0.2, 0.25) is 0 Å². The average Bonchev–Trinajstić information content (AvgIpc) is 4.07. The Kier molecular flexibility index (Phi) is 9.99. The summed E-state index contributed by atoms with van der Waals surface area (Å²) in [6.07, 6.45) is 1.10. The van der Waals surface area contributed by atoms with Crippen LogP contribution >= 0.6 is 0 Å². The molecule has 332 valence electrons. The molecule has 0 amide bonds. The fourth-order valence-corrected chi connectivity index (χ4v) is 8.29. The largest absolute Gasteiger partial charge is 0.354 e. The predicted octanol–water partition coefficient (Wildman–Crippen LogP) is 10.3. The van der Waals surface area contributed by atoms with Gasteiger partial charge in [0.15, 0.2) is 69.8 Å². The molecule has 0 aliphatic carbocycles. The van der Waals surface area contributed by atoms with Crippen molar-refractivity contribution in [2.24, 2.45) is 0 Å². The van der Waals surface area contributed by atoms with Crippen LogP contribution < -0.4 is 0 Å². The minimum absolute atomic E-state index is 0.181. The van der Waals surface area contributed by atoms with Gasteiger partial charge < -0.3 is 15.0 Å². The third kappa shape index (κ3) is 6.39. The molecular formula is C37H11F15N4O6S2. The summed E-state index contributed by atoms with van der Waals surface area (Å²) in [7, 11) is -11.7. The minimum atomic E-state index is -5.92. The highest BCUT2D eigenvalue weighted by Gasteiger charge is 2.35. The van der Waals surface area contributed by atoms with E-state index in [0.717, 1.165) is 0 Å². The first-order chi connectivity index (χ1) is 29.8. The van der Waals surface area contributed by atoms with Gasteiger partial charge in [-0.05, 0) is 36.4 Å². The highest BCUT2D eigenvalue weighted by molar-refractivity contribution is 7.86. The fourth-order valence-electron chi connectivity index (χ4n) is 6.93. The normalized spacial score (nSPS) is 12.6. The first-order valence-corrected chi connectivity index (χ1v) is 19.6. The predicted molar refractivity (Wildman–Crippen MR) is 190 cm³/mol. The van der Waals surface area contributed by atoms with Crippen LogP contribution in [0.15, 0.2) is 34.1 Å². The zero-order chi connectivity index (χ0) is 47.0. The van der Waals surface area contributed by atoms with Gasteiger partial charge in [-0.15, -0.1) is 0 Å². The summed E-state index contributed by atoms with van der Waals surface area (Å²) < 4.78 is 298. The van der Waals surface area contributed by atoms with E-state index in [1.54, 1.807) is 0 Å². The van der Waals surface area contributed by atoms with Crippen molar-refractivity contribution in [1.29, 1.82) is 0 Å². The van der Waals surface area contributed by atoms with Crippen LogP contribution in [0, 0.1) is 87.3 Å². The van der Waals surface area contributed by atoms with Gasteiger partial charge in [-0.3, -0.25) is 9.11 Å². The van der Waals surface area contributed by atoms with E-state index in [-0.39, 0.29) is 12.1 Å². The number of aromatic nitrogens is 4. The first-order valence-electron chi connectivity index (χ1n) is 16.7. The Balaban J connectivity index is 1.78. The zero-order valence-electron chi connectivity index (χ0n) is 29.9. The maximum atomic E-state index is 15.8. The van der Waals surface area contributed by atoms with Crippen molar-refractivity contribution < 1.29 is 91.8 Å². The smallest absolute Gasteiger partial charge is 0.296 e. The van der Waals surface area contributed by atoms with Gasteiger partial charge in [0.25, 0.3) is 20.2 Å². The number of benzene rings is 3. The fraction of sp³-hybridized carbons (Fsp3) is 0. The van der Waals surface area contributed by atoms with Crippen molar-refractivity contribution in [3.63, 3.8) is 0 Å². The lowest BCUT2D eigenvalue weighted by Crippen LogP contribution is -2.06. The maximum Gasteiger partial charge on any atom is 0.296 e. The van der Waals surface area contributed by atoms with E-state index in [9.17, 15) is 65.5 Å². The zero-order valence-corrected chi connectivity index (χ0v) is 31.6. The van der Waals surface area contributed by atoms with Gasteiger partial charge in [-0.25, -0.2) is 70.8 Å². The summed E-state index contributed by atoms with van der Waals surface area (Å²) in [6.45, 7) is 0. The van der Waals surface area contributed by atoms with E-state index >= 15 is 26.3 Å². The molecule has 8 bridgehead atoms. The second-order valence-corrected chi connectivity index (χ2v) is 16.0. The van der Waals surface area contributed by atoms with E-state index in [4.69, 9.17) is 0 Å². The van der Waals surface area contributed by atoms with Gasteiger partial charge in [-0.2, -0.15) is 16.8 Å². The Morgan fingerprint density at radius 1 is 0.359 bits per heavy atom. The molecule has 7 aromatic rings. The first kappa shape index (κ1) is 43.8. The number of aromatic amines is 3. The summed E-state index contributed by atoms with van der Waals surface area (Å²) in [6, 6.07) is 1.43. The van der Waals surface area contributed by atoms with Crippen molar-refractivity contribution in [1.82, 2.24) is 19.9 Å². The molecule has 27 heteroatoms. The molecule has 4 aromatic heterocycles. The summed E-state index contributed by atoms with van der Waals surface area (Å²) in [5.41, 5.74) is -19.7. The van der Waals surface area contributed by atoms with Gasteiger partial charge in [0, 0.05) is 27.7 Å². The second-order valence-electron chi connectivity index (χ2n) is 13.3. The lowest BCUT2D eigenvalue weighted by atomic mass is 10.0. The van der Waals surface area contributed by atoms with Gasteiger partial charge in [0.1, 0.15) is 9.79 Å². The SMILES string of the molecule is O=S(=O)(O)c1cc2[nH]c1c(-c1c(F)c(F)c(F)c(F)c1F)c1ccc([nH]1)c(-c1c(F)c(F)c(F)c(F)c1F)c1nc(c(-c3c(F)c(F)c(F)c(F)c3F)c3cc(S(=O)(=O)O)c2[nH]3)C=C1. The molecule has 3 aromatic carbocycles. The molecule has 0 unspecified atom stereocenters. The van der Waals surface area contributed by atoms with Crippen LogP contribution in [0.4, 0.5) is 65.9 Å². The monoisotopic (exact) mass is 956 g/mol. The van der Waals surface area contributed by atoms with Gasteiger partial charge in [0.2, 0.25) is 17.5 Å². The molecule has 0 spiro atoms. The number of hydrogen-bond donors (Lipinski definition) is 5. The molecule has 5 heterocycles. The number of H-pyrrole nitrogens is 3. The molecule has 0 saturated carbocycles. The van der Waals surface area contributed by atoms with Crippen molar-refractivity contribution in [2.45, 2.75) is 9.79 Å². The van der Waals surface area contributed by atoms with Crippen LogP contribution in [0.5, 0.6) is 0 Å². The molecule has 10 nitrogen and oxygen atoms in total. The van der Waals surface area contributed by atoms with Crippen molar-refractivity contribution in [3.8, 4) is 33.4 Å². The van der Waals surface area contributed by atoms with Crippen LogP contribution in [0.25, 0.3) is 78.6 Å². The maximum absolute atomic E-state index is 15.8. The quantitative estimate of drug-likeness (QED) is 0.0495. The van der Waals surface area contributed by atoms with Gasteiger partial charge in [0.05, 0.1) is 50.1 Å². The Bertz CT molecular complexity index is 3610. The number of nitrogens with one attached hydrogen (secondary N) is 3. The van der Waals surface area contributed by atoms with Crippen LogP contribution in [0.3, 0.4) is 0 Å². The van der Waals surface area contributed by atoms with Gasteiger partial charge >= 0.3 is 0 Å². The van der Waals surface area contributed by atoms with Crippen molar-refractivity contribution in [3.05, 3.63) is 123 Å². The van der Waals surface area contributed by atoms with E-state index in [1.807, 2.05) is 4.98 Å². The Morgan fingerprint density at radius 3 is 1.05 bits per heavy atom.